The van der Waals surface area contributed by atoms with Crippen LogP contribution in [0.2, 0.25) is 0 Å². The highest BCUT2D eigenvalue weighted by Gasteiger charge is 2.41. The van der Waals surface area contributed by atoms with Crippen LogP contribution in [-0.2, 0) is 0 Å². The quantitative estimate of drug-likeness (QED) is 0.783. The molecule has 2 fully saturated rings. The number of hydrogen-bond donors (Lipinski definition) is 1. The van der Waals surface area contributed by atoms with E-state index in [0.29, 0.717) is 12.3 Å². The van der Waals surface area contributed by atoms with Crippen LogP contribution >= 0.6 is 0 Å². The highest BCUT2D eigenvalue weighted by Crippen LogP contribution is 2.32. The van der Waals surface area contributed by atoms with Gasteiger partial charge in [-0.25, -0.2) is 8.78 Å². The SMILES string of the molecule is CC1CCN(CC2CCCNC2)CC1(F)F. The molecule has 2 aliphatic rings. The molecule has 0 aromatic heterocycles. The number of nitrogens with zero attached hydrogens (tertiary/aromatic N) is 1. The Morgan fingerprint density at radius 3 is 2.81 bits per heavy atom. The van der Waals surface area contributed by atoms with Crippen molar-refractivity contribution in [1.29, 1.82) is 0 Å². The number of piperidine rings is 2. The fourth-order valence-electron chi connectivity index (χ4n) is 2.72. The van der Waals surface area contributed by atoms with Crippen LogP contribution in [0.1, 0.15) is 26.2 Å². The highest BCUT2D eigenvalue weighted by molar-refractivity contribution is 4.85. The molecule has 0 aliphatic carbocycles. The minimum atomic E-state index is -2.49. The summed E-state index contributed by atoms with van der Waals surface area (Å²) in [6.07, 6.45) is 3.00. The molecule has 0 radical (unpaired) electrons. The second-order valence-corrected chi connectivity index (χ2v) is 5.40. The maximum absolute atomic E-state index is 13.5. The lowest BCUT2D eigenvalue weighted by Crippen LogP contribution is -2.50. The molecule has 2 nitrogen and oxygen atoms in total. The third-order valence-corrected chi connectivity index (χ3v) is 3.95. The van der Waals surface area contributed by atoms with Gasteiger partial charge in [0.2, 0.25) is 0 Å². The summed E-state index contributed by atoms with van der Waals surface area (Å²) in [5.41, 5.74) is 0. The molecule has 2 heterocycles. The molecule has 2 unspecified atom stereocenters. The van der Waals surface area contributed by atoms with E-state index >= 15 is 0 Å². The van der Waals surface area contributed by atoms with E-state index < -0.39 is 11.8 Å². The van der Waals surface area contributed by atoms with E-state index in [1.807, 2.05) is 4.90 Å². The predicted molar refractivity (Wildman–Crippen MR) is 60.8 cm³/mol. The Labute approximate surface area is 96.4 Å². The topological polar surface area (TPSA) is 15.3 Å². The van der Waals surface area contributed by atoms with Gasteiger partial charge in [0.1, 0.15) is 0 Å². The van der Waals surface area contributed by atoms with Crippen molar-refractivity contribution in [1.82, 2.24) is 10.2 Å². The number of nitrogens with one attached hydrogen (secondary N) is 1. The summed E-state index contributed by atoms with van der Waals surface area (Å²) < 4.78 is 27.1. The highest BCUT2D eigenvalue weighted by atomic mass is 19.3. The molecule has 4 heteroatoms. The molecule has 0 saturated carbocycles. The Kier molecular flexibility index (Phi) is 3.80. The number of alkyl halides is 2. The number of hydrogen-bond acceptors (Lipinski definition) is 2. The lowest BCUT2D eigenvalue weighted by molar-refractivity contribution is -0.107. The Morgan fingerprint density at radius 2 is 2.19 bits per heavy atom. The van der Waals surface area contributed by atoms with E-state index in [4.69, 9.17) is 0 Å². The zero-order valence-electron chi connectivity index (χ0n) is 10.0. The van der Waals surface area contributed by atoms with Crippen molar-refractivity contribution in [2.24, 2.45) is 11.8 Å². The van der Waals surface area contributed by atoms with Crippen molar-refractivity contribution in [3.63, 3.8) is 0 Å². The molecular weight excluding hydrogens is 210 g/mol. The Balaban J connectivity index is 1.81. The zero-order valence-corrected chi connectivity index (χ0v) is 10.0. The second-order valence-electron chi connectivity index (χ2n) is 5.40. The molecule has 2 saturated heterocycles. The van der Waals surface area contributed by atoms with Crippen LogP contribution < -0.4 is 5.32 Å². The number of rotatable bonds is 2. The number of likely N-dealkylation sites (tertiary alicyclic amines) is 1. The van der Waals surface area contributed by atoms with Crippen molar-refractivity contribution in [3.05, 3.63) is 0 Å². The molecule has 0 amide bonds. The van der Waals surface area contributed by atoms with Crippen LogP contribution in [0.25, 0.3) is 0 Å². The maximum atomic E-state index is 13.5. The van der Waals surface area contributed by atoms with Crippen molar-refractivity contribution < 1.29 is 8.78 Å². The van der Waals surface area contributed by atoms with Gasteiger partial charge in [-0.1, -0.05) is 6.92 Å². The van der Waals surface area contributed by atoms with E-state index in [0.717, 1.165) is 26.2 Å². The molecule has 2 aliphatic heterocycles. The summed E-state index contributed by atoms with van der Waals surface area (Å²) in [6, 6.07) is 0. The Hall–Kier alpha value is -0.220. The molecule has 1 N–H and O–H groups in total. The first kappa shape index (κ1) is 12.2. The summed E-state index contributed by atoms with van der Waals surface area (Å²) in [4.78, 5) is 1.96. The summed E-state index contributed by atoms with van der Waals surface area (Å²) >= 11 is 0. The normalized spacial score (nSPS) is 36.2. The van der Waals surface area contributed by atoms with Crippen LogP contribution in [0.3, 0.4) is 0 Å². The van der Waals surface area contributed by atoms with Crippen LogP contribution in [-0.4, -0.2) is 43.5 Å². The van der Waals surface area contributed by atoms with Crippen LogP contribution in [0.15, 0.2) is 0 Å². The van der Waals surface area contributed by atoms with Gasteiger partial charge in [-0.15, -0.1) is 0 Å². The minimum Gasteiger partial charge on any atom is -0.316 e. The van der Waals surface area contributed by atoms with Gasteiger partial charge < -0.3 is 5.32 Å². The fourth-order valence-corrected chi connectivity index (χ4v) is 2.72. The first-order valence-electron chi connectivity index (χ1n) is 6.39. The Bertz CT molecular complexity index is 227. The zero-order chi connectivity index (χ0) is 11.6. The molecule has 0 bridgehead atoms. The lowest BCUT2D eigenvalue weighted by atomic mass is 9.92. The third kappa shape index (κ3) is 2.92. The van der Waals surface area contributed by atoms with E-state index in [2.05, 4.69) is 5.32 Å². The summed E-state index contributed by atoms with van der Waals surface area (Å²) in [5.74, 6) is -2.37. The van der Waals surface area contributed by atoms with Gasteiger partial charge in [-0.2, -0.15) is 0 Å². The minimum absolute atomic E-state index is 0.0370. The van der Waals surface area contributed by atoms with E-state index in [1.54, 1.807) is 6.92 Å². The maximum Gasteiger partial charge on any atom is 0.263 e. The predicted octanol–water partition coefficient (Wildman–Crippen LogP) is 1.96. The van der Waals surface area contributed by atoms with Gasteiger partial charge in [-0.05, 0) is 44.8 Å². The monoisotopic (exact) mass is 232 g/mol. The van der Waals surface area contributed by atoms with Crippen LogP contribution in [0.4, 0.5) is 8.78 Å². The average molecular weight is 232 g/mol. The van der Waals surface area contributed by atoms with Crippen molar-refractivity contribution >= 4 is 0 Å². The standard InChI is InChI=1S/C12H22F2N2/c1-10-4-6-16(9-12(10,13)14)8-11-3-2-5-15-7-11/h10-11,15H,2-9H2,1H3. The Morgan fingerprint density at radius 1 is 1.38 bits per heavy atom. The van der Waals surface area contributed by atoms with E-state index in [1.165, 1.54) is 12.8 Å². The van der Waals surface area contributed by atoms with Crippen LogP contribution in [0.5, 0.6) is 0 Å². The van der Waals surface area contributed by atoms with Gasteiger partial charge in [0.05, 0.1) is 6.54 Å². The molecule has 0 aromatic rings. The van der Waals surface area contributed by atoms with Crippen molar-refractivity contribution in [3.8, 4) is 0 Å². The first-order valence-corrected chi connectivity index (χ1v) is 6.39. The molecule has 2 atom stereocenters. The van der Waals surface area contributed by atoms with Gasteiger partial charge in [0, 0.05) is 12.5 Å². The molecule has 0 spiro atoms. The molecule has 0 aromatic carbocycles. The smallest absolute Gasteiger partial charge is 0.263 e. The second kappa shape index (κ2) is 4.96. The van der Waals surface area contributed by atoms with E-state index in [9.17, 15) is 8.78 Å². The average Bonchev–Trinajstić information content (AvgIpc) is 2.25. The fraction of sp³-hybridized carbons (Fsp3) is 1.00. The number of halogens is 2. The summed E-state index contributed by atoms with van der Waals surface area (Å²) in [6.45, 7) is 5.40. The van der Waals surface area contributed by atoms with Gasteiger partial charge in [0.25, 0.3) is 5.92 Å². The van der Waals surface area contributed by atoms with E-state index in [-0.39, 0.29) is 6.54 Å². The molecule has 94 valence electrons. The molecule has 2 rings (SSSR count). The van der Waals surface area contributed by atoms with Gasteiger partial charge in [0.15, 0.2) is 0 Å². The summed E-state index contributed by atoms with van der Waals surface area (Å²) in [7, 11) is 0. The van der Waals surface area contributed by atoms with Gasteiger partial charge in [-0.3, -0.25) is 4.90 Å². The first-order chi connectivity index (χ1) is 7.58. The van der Waals surface area contributed by atoms with Gasteiger partial charge >= 0.3 is 0 Å². The van der Waals surface area contributed by atoms with Crippen molar-refractivity contribution in [2.75, 3.05) is 32.7 Å². The molecular formula is C12H22F2N2. The lowest BCUT2D eigenvalue weighted by Gasteiger charge is -2.39. The largest absolute Gasteiger partial charge is 0.316 e. The van der Waals surface area contributed by atoms with Crippen LogP contribution in [0, 0.1) is 11.8 Å². The summed E-state index contributed by atoms with van der Waals surface area (Å²) in [5, 5.41) is 3.34. The molecule has 16 heavy (non-hydrogen) atoms. The van der Waals surface area contributed by atoms with Crippen molar-refractivity contribution in [2.45, 2.75) is 32.1 Å². The third-order valence-electron chi connectivity index (χ3n) is 3.95.